The number of nitrogens with one attached hydrogen (secondary N) is 2. The molecule has 0 atom stereocenters. The third kappa shape index (κ3) is 3.72. The minimum absolute atomic E-state index is 1.09. The SMILES string of the molecule is Cc1ccc(Nc2ccc(Nc3ccccc3C)cc2)cc1C. The number of hydrogen-bond acceptors (Lipinski definition) is 2. The van der Waals surface area contributed by atoms with Crippen molar-refractivity contribution in [3.63, 3.8) is 0 Å². The highest BCUT2D eigenvalue weighted by Gasteiger charge is 2.00. The first-order chi connectivity index (χ1) is 11.1. The van der Waals surface area contributed by atoms with E-state index in [4.69, 9.17) is 0 Å². The minimum Gasteiger partial charge on any atom is -0.356 e. The van der Waals surface area contributed by atoms with Gasteiger partial charge < -0.3 is 10.6 Å². The van der Waals surface area contributed by atoms with Crippen LogP contribution >= 0.6 is 0 Å². The van der Waals surface area contributed by atoms with E-state index < -0.39 is 0 Å². The van der Waals surface area contributed by atoms with Gasteiger partial charge in [0.05, 0.1) is 0 Å². The summed E-state index contributed by atoms with van der Waals surface area (Å²) in [7, 11) is 0. The number of aryl methyl sites for hydroxylation is 3. The largest absolute Gasteiger partial charge is 0.356 e. The molecule has 0 aliphatic carbocycles. The first-order valence-electron chi connectivity index (χ1n) is 7.89. The van der Waals surface area contributed by atoms with E-state index in [1.807, 2.05) is 6.07 Å². The molecular formula is C21H22N2. The highest BCUT2D eigenvalue weighted by atomic mass is 14.9. The van der Waals surface area contributed by atoms with Crippen LogP contribution in [0, 0.1) is 20.8 Å². The summed E-state index contributed by atoms with van der Waals surface area (Å²) in [6.07, 6.45) is 0. The van der Waals surface area contributed by atoms with Crippen LogP contribution in [0.3, 0.4) is 0 Å². The van der Waals surface area contributed by atoms with Crippen LogP contribution in [0.15, 0.2) is 66.7 Å². The van der Waals surface area contributed by atoms with E-state index in [2.05, 4.69) is 92.1 Å². The molecule has 2 nitrogen and oxygen atoms in total. The molecule has 3 aromatic carbocycles. The Hall–Kier alpha value is -2.74. The fraction of sp³-hybridized carbons (Fsp3) is 0.143. The molecule has 0 amide bonds. The van der Waals surface area contributed by atoms with Crippen molar-refractivity contribution in [3.8, 4) is 0 Å². The molecule has 0 fully saturated rings. The lowest BCUT2D eigenvalue weighted by molar-refractivity contribution is 1.34. The van der Waals surface area contributed by atoms with Crippen LogP contribution < -0.4 is 10.6 Å². The van der Waals surface area contributed by atoms with Gasteiger partial charge in [-0.1, -0.05) is 24.3 Å². The molecule has 0 radical (unpaired) electrons. The van der Waals surface area contributed by atoms with Crippen LogP contribution in [0.4, 0.5) is 22.7 Å². The van der Waals surface area contributed by atoms with Gasteiger partial charge in [-0.05, 0) is 79.9 Å². The summed E-state index contributed by atoms with van der Waals surface area (Å²) in [6.45, 7) is 6.37. The number of anilines is 4. The smallest absolute Gasteiger partial charge is 0.0413 e. The van der Waals surface area contributed by atoms with Crippen molar-refractivity contribution in [2.24, 2.45) is 0 Å². The van der Waals surface area contributed by atoms with Crippen molar-refractivity contribution in [2.45, 2.75) is 20.8 Å². The van der Waals surface area contributed by atoms with E-state index in [0.717, 1.165) is 22.7 Å². The van der Waals surface area contributed by atoms with E-state index in [1.165, 1.54) is 16.7 Å². The summed E-state index contributed by atoms with van der Waals surface area (Å²) in [4.78, 5) is 0. The van der Waals surface area contributed by atoms with Crippen LogP contribution in [0.2, 0.25) is 0 Å². The van der Waals surface area contributed by atoms with Crippen LogP contribution in [0.5, 0.6) is 0 Å². The number of rotatable bonds is 4. The second-order valence-corrected chi connectivity index (χ2v) is 5.94. The monoisotopic (exact) mass is 302 g/mol. The van der Waals surface area contributed by atoms with Gasteiger partial charge in [-0.15, -0.1) is 0 Å². The van der Waals surface area contributed by atoms with E-state index >= 15 is 0 Å². The normalized spacial score (nSPS) is 10.4. The van der Waals surface area contributed by atoms with Crippen molar-refractivity contribution >= 4 is 22.7 Å². The van der Waals surface area contributed by atoms with Gasteiger partial charge in [0.1, 0.15) is 0 Å². The maximum Gasteiger partial charge on any atom is 0.0413 e. The first-order valence-corrected chi connectivity index (χ1v) is 7.89. The van der Waals surface area contributed by atoms with Crippen LogP contribution in [-0.4, -0.2) is 0 Å². The van der Waals surface area contributed by atoms with Gasteiger partial charge in [-0.25, -0.2) is 0 Å². The summed E-state index contributed by atoms with van der Waals surface area (Å²) in [6, 6.07) is 23.1. The molecule has 0 aliphatic heterocycles. The molecular weight excluding hydrogens is 280 g/mol. The standard InChI is InChI=1S/C21H22N2/c1-15-8-9-20(14-17(15)3)22-18-10-12-19(13-11-18)23-21-7-5-4-6-16(21)2/h4-14,22-23H,1-3H3. The summed E-state index contributed by atoms with van der Waals surface area (Å²) < 4.78 is 0. The molecule has 0 saturated heterocycles. The predicted octanol–water partition coefficient (Wildman–Crippen LogP) is 6.10. The molecule has 0 bridgehead atoms. The molecule has 0 unspecified atom stereocenters. The summed E-state index contributed by atoms with van der Waals surface area (Å²) in [5, 5.41) is 6.90. The molecule has 3 aromatic rings. The molecule has 2 heteroatoms. The Balaban J connectivity index is 1.72. The Labute approximate surface area is 138 Å². The molecule has 23 heavy (non-hydrogen) atoms. The van der Waals surface area contributed by atoms with Crippen LogP contribution in [0.1, 0.15) is 16.7 Å². The Morgan fingerprint density at radius 3 is 1.78 bits per heavy atom. The predicted molar refractivity (Wildman–Crippen MR) is 100 cm³/mol. The lowest BCUT2D eigenvalue weighted by atomic mass is 10.1. The van der Waals surface area contributed by atoms with Gasteiger partial charge in [-0.3, -0.25) is 0 Å². The third-order valence-electron chi connectivity index (χ3n) is 4.10. The summed E-state index contributed by atoms with van der Waals surface area (Å²) in [5.74, 6) is 0. The van der Waals surface area contributed by atoms with Crippen molar-refractivity contribution in [3.05, 3.63) is 83.4 Å². The van der Waals surface area contributed by atoms with Gasteiger partial charge in [-0.2, -0.15) is 0 Å². The summed E-state index contributed by atoms with van der Waals surface area (Å²) >= 11 is 0. The zero-order chi connectivity index (χ0) is 16.2. The highest BCUT2D eigenvalue weighted by Crippen LogP contribution is 2.24. The lowest BCUT2D eigenvalue weighted by Crippen LogP contribution is -1.94. The van der Waals surface area contributed by atoms with Crippen molar-refractivity contribution in [2.75, 3.05) is 10.6 Å². The maximum atomic E-state index is 3.45. The average Bonchev–Trinajstić information content (AvgIpc) is 2.55. The van der Waals surface area contributed by atoms with E-state index in [9.17, 15) is 0 Å². The van der Waals surface area contributed by atoms with Crippen LogP contribution in [-0.2, 0) is 0 Å². The molecule has 0 aromatic heterocycles. The number of hydrogen-bond donors (Lipinski definition) is 2. The second-order valence-electron chi connectivity index (χ2n) is 5.94. The number of para-hydroxylation sites is 1. The fourth-order valence-electron chi connectivity index (χ4n) is 2.49. The second kappa shape index (κ2) is 6.57. The zero-order valence-electron chi connectivity index (χ0n) is 13.9. The number of benzene rings is 3. The Morgan fingerprint density at radius 2 is 1.13 bits per heavy atom. The maximum absolute atomic E-state index is 3.45. The van der Waals surface area contributed by atoms with Crippen molar-refractivity contribution in [1.29, 1.82) is 0 Å². The molecule has 116 valence electrons. The third-order valence-corrected chi connectivity index (χ3v) is 4.10. The molecule has 0 spiro atoms. The molecule has 0 heterocycles. The van der Waals surface area contributed by atoms with E-state index in [1.54, 1.807) is 0 Å². The zero-order valence-corrected chi connectivity index (χ0v) is 13.9. The Morgan fingerprint density at radius 1 is 0.522 bits per heavy atom. The van der Waals surface area contributed by atoms with Gasteiger partial charge in [0.15, 0.2) is 0 Å². The molecule has 2 N–H and O–H groups in total. The van der Waals surface area contributed by atoms with Gasteiger partial charge >= 0.3 is 0 Å². The van der Waals surface area contributed by atoms with Crippen molar-refractivity contribution < 1.29 is 0 Å². The molecule has 0 aliphatic rings. The molecule has 3 rings (SSSR count). The summed E-state index contributed by atoms with van der Waals surface area (Å²) in [5.41, 5.74) is 8.29. The Bertz CT molecular complexity index is 804. The highest BCUT2D eigenvalue weighted by molar-refractivity contribution is 5.67. The van der Waals surface area contributed by atoms with E-state index in [0.29, 0.717) is 0 Å². The van der Waals surface area contributed by atoms with Gasteiger partial charge in [0.25, 0.3) is 0 Å². The first kappa shape index (κ1) is 15.2. The quantitative estimate of drug-likeness (QED) is 0.608. The fourth-order valence-corrected chi connectivity index (χ4v) is 2.49. The Kier molecular flexibility index (Phi) is 4.33. The topological polar surface area (TPSA) is 24.1 Å². The van der Waals surface area contributed by atoms with Crippen molar-refractivity contribution in [1.82, 2.24) is 0 Å². The van der Waals surface area contributed by atoms with Gasteiger partial charge in [0, 0.05) is 22.7 Å². The molecule has 0 saturated carbocycles. The van der Waals surface area contributed by atoms with E-state index in [-0.39, 0.29) is 0 Å². The lowest BCUT2D eigenvalue weighted by Gasteiger charge is -2.12. The van der Waals surface area contributed by atoms with Crippen LogP contribution in [0.25, 0.3) is 0 Å². The van der Waals surface area contributed by atoms with Gasteiger partial charge in [0.2, 0.25) is 0 Å². The minimum atomic E-state index is 1.09. The average molecular weight is 302 g/mol.